The number of nitrogens with one attached hydrogen (secondary N) is 2. The van der Waals surface area contributed by atoms with Crippen LogP contribution in [0, 0.1) is 5.92 Å². The first kappa shape index (κ1) is 50.6. The Kier molecular flexibility index (Phi) is 31.9. The molecule has 248 valence electrons. The van der Waals surface area contributed by atoms with Gasteiger partial charge >= 0.3 is 109 Å². The number of nitrogens with zero attached hydrogens (tertiary/aromatic N) is 1. The van der Waals surface area contributed by atoms with Crippen LogP contribution in [0.15, 0.2) is 65.8 Å². The van der Waals surface area contributed by atoms with E-state index in [9.17, 15) is 43.7 Å². The number of aliphatic carboxylic acids is 2. The maximum atomic E-state index is 13.0. The van der Waals surface area contributed by atoms with Crippen molar-refractivity contribution in [3.63, 3.8) is 0 Å². The zero-order valence-electron chi connectivity index (χ0n) is 25.5. The fourth-order valence-electron chi connectivity index (χ4n) is 3.28. The Morgan fingerprint density at radius 2 is 1.37 bits per heavy atom. The maximum absolute atomic E-state index is 13.0. The molecule has 19 heteroatoms. The third kappa shape index (κ3) is 22.8. The van der Waals surface area contributed by atoms with Gasteiger partial charge in [0, 0.05) is 30.8 Å². The Labute approximate surface area is 362 Å². The van der Waals surface area contributed by atoms with Gasteiger partial charge in [0.2, 0.25) is 0 Å². The number of carboxylic acids is 2. The van der Waals surface area contributed by atoms with Crippen LogP contribution in [0.1, 0.15) is 47.0 Å². The molecule has 0 aliphatic carbocycles. The number of benzene rings is 2. The smallest absolute Gasteiger partial charge is 0.860 e. The molecule has 1 amide bonds. The van der Waals surface area contributed by atoms with Crippen molar-refractivity contribution < 1.29 is 157 Å². The fourth-order valence-corrected chi connectivity index (χ4v) is 6.67. The van der Waals surface area contributed by atoms with E-state index in [1.807, 2.05) is 0 Å². The monoisotopic (exact) mass is 755 g/mol. The normalized spacial score (nSPS) is 13.8. The summed E-state index contributed by atoms with van der Waals surface area (Å²) in [6, 6.07) is 15.8. The number of hydrogen-bond donors (Lipinski definition) is 4. The zero-order chi connectivity index (χ0) is 32.3. The molecule has 5 N–H and O–H groups in total. The average molecular weight is 756 g/mol. The second kappa shape index (κ2) is 29.0. The first-order chi connectivity index (χ1) is 20.3. The van der Waals surface area contributed by atoms with Crippen molar-refractivity contribution in [3.05, 3.63) is 60.7 Å². The van der Waals surface area contributed by atoms with Crippen LogP contribution in [0.2, 0.25) is 0 Å². The predicted octanol–water partition coefficient (Wildman–Crippen LogP) is -7.72. The summed E-state index contributed by atoms with van der Waals surface area (Å²) in [5.74, 6) is -3.77. The number of hydrogen-bond acceptors (Lipinski definition) is 14. The number of thiol groups is 1. The molecule has 0 radical (unpaired) electrons. The van der Waals surface area contributed by atoms with Crippen molar-refractivity contribution in [1.82, 2.24) is 11.1 Å². The molecule has 0 spiro atoms. The van der Waals surface area contributed by atoms with Gasteiger partial charge in [0.05, 0.1) is 6.42 Å². The quantitative estimate of drug-likeness (QED) is 0.0199. The molecular weight excluding hydrogens is 713 g/mol. The van der Waals surface area contributed by atoms with Crippen LogP contribution in [0.5, 0.6) is 0 Å². The molecule has 0 saturated heterocycles. The Morgan fingerprint density at radius 3 is 1.85 bits per heavy atom. The standard InChI is InChI=1S/C16H25N4O6PS.C9H11O4P.2CH4.2K/c17-14(21)7-6-12(9-11-28)16(24)18-19-20-26-27(25,10-8-15(22)23)13-4-2-1-3-5-13;10-9(11)6-7-14(12,13)8-4-2-1-3-5-8;;;;/h1-5,12,19-20,28H,6-11H2,(H2,17,21)(H,18,24)(H,22,23);1-5H,6-7H2,(H,10,11)(H,12,13);2*1H4;;/q;;;;2*+1/p-3/i/hT. The summed E-state index contributed by atoms with van der Waals surface area (Å²) >= 11 is 0.824. The van der Waals surface area contributed by atoms with Gasteiger partial charge in [-0.15, -0.1) is 0 Å². The second-order valence-corrected chi connectivity index (χ2v) is 13.9. The van der Waals surface area contributed by atoms with Crippen LogP contribution in [-0.2, 0) is 28.1 Å². The Balaban J connectivity index is -0.000000438. The molecule has 46 heavy (non-hydrogen) atoms. The average Bonchev–Trinajstić information content (AvgIpc) is 2.98. The van der Waals surface area contributed by atoms with Crippen molar-refractivity contribution in [1.29, 1.82) is 1.12 Å². The van der Waals surface area contributed by atoms with E-state index in [1.165, 1.54) is 24.3 Å². The summed E-state index contributed by atoms with van der Waals surface area (Å²) in [5, 5.41) is 37.1. The third-order valence-electron chi connectivity index (χ3n) is 5.51. The van der Waals surface area contributed by atoms with Crippen molar-refractivity contribution in [3.8, 4) is 0 Å². The number of carbonyl (C=O) groups excluding carboxylic acids is 3. The molecule has 0 saturated carbocycles. The Morgan fingerprint density at radius 1 is 0.870 bits per heavy atom. The zero-order valence-corrected chi connectivity index (χ0v) is 33.4. The van der Waals surface area contributed by atoms with E-state index in [0.717, 1.165) is 12.5 Å². The van der Waals surface area contributed by atoms with E-state index < -0.39 is 51.3 Å². The van der Waals surface area contributed by atoms with E-state index in [0.29, 0.717) is 17.5 Å². The molecule has 0 aliphatic rings. The Hall–Kier alpha value is 0.243. The van der Waals surface area contributed by atoms with Crippen molar-refractivity contribution in [2.45, 2.75) is 47.0 Å². The molecule has 0 fully saturated rings. The number of carboxylic acid groups (broad SMARTS) is 2. The largest absolute Gasteiger partial charge is 1.00 e. The van der Waals surface area contributed by atoms with E-state index in [2.05, 4.69) is 22.0 Å². The van der Waals surface area contributed by atoms with Gasteiger partial charge in [-0.25, -0.2) is 15.0 Å². The summed E-state index contributed by atoms with van der Waals surface area (Å²) in [6.07, 6.45) is -0.908. The predicted molar refractivity (Wildman–Crippen MR) is 164 cm³/mol. The number of quaternary nitrogens is 1. The van der Waals surface area contributed by atoms with Crippen LogP contribution < -0.4 is 150 Å². The van der Waals surface area contributed by atoms with Crippen LogP contribution in [0.3, 0.4) is 0 Å². The van der Waals surface area contributed by atoms with E-state index in [1.54, 1.807) is 36.4 Å². The molecule has 2 rings (SSSR count). The van der Waals surface area contributed by atoms with Crippen LogP contribution in [0.4, 0.5) is 0 Å². The van der Waals surface area contributed by atoms with Crippen LogP contribution >= 0.6 is 27.3 Å². The van der Waals surface area contributed by atoms with Crippen molar-refractivity contribution >= 4 is 61.6 Å². The molecule has 2 aromatic rings. The van der Waals surface area contributed by atoms with Crippen molar-refractivity contribution in [2.75, 3.05) is 18.1 Å². The van der Waals surface area contributed by atoms with Crippen molar-refractivity contribution in [2.24, 2.45) is 11.0 Å². The second-order valence-electron chi connectivity index (χ2n) is 8.73. The molecule has 3 unspecified atom stereocenters. The van der Waals surface area contributed by atoms with Gasteiger partial charge in [-0.2, -0.15) is 17.6 Å². The molecule has 3 atom stereocenters. The van der Waals surface area contributed by atoms with Gasteiger partial charge in [0.15, 0.2) is 0 Å². The summed E-state index contributed by atoms with van der Waals surface area (Å²) in [7, 11) is -7.37. The maximum Gasteiger partial charge on any atom is 1.00 e. The molecule has 2 aromatic carbocycles. The first-order valence-electron chi connectivity index (χ1n) is 13.0. The van der Waals surface area contributed by atoms with Crippen LogP contribution in [-0.4, -0.2) is 42.9 Å². The molecular formula is C27H41K2N4O10P2S-. The summed E-state index contributed by atoms with van der Waals surface area (Å²) in [5.41, 5.74) is 7.54. The SMILES string of the molecule is C.C.O=C([O-])CCP(=O)([O-])c1ccccc1.[3H]SCCC(CCC([NH3+])=O)C([O-])=NNNOP(=O)(CCC(=O)[O-])c1ccccc1.[K+].[K+]. The molecule has 14 nitrogen and oxygen atoms in total. The van der Waals surface area contributed by atoms with Gasteiger partial charge in [0.1, 0.15) is 1.12 Å². The summed E-state index contributed by atoms with van der Waals surface area (Å²) in [6.45, 7) is 0. The van der Waals surface area contributed by atoms with Gasteiger partial charge in [-0.1, -0.05) is 69.0 Å². The van der Waals surface area contributed by atoms with Gasteiger partial charge in [-0.3, -0.25) is 10.3 Å². The number of carbonyl (C=O) groups is 3. The molecule has 0 heterocycles. The molecule has 0 aliphatic heterocycles. The summed E-state index contributed by atoms with van der Waals surface area (Å²) < 4.78 is 36.7. The van der Waals surface area contributed by atoms with Gasteiger partial charge < -0.3 is 34.4 Å². The minimum atomic E-state index is -3.77. The molecule has 0 bridgehead atoms. The van der Waals surface area contributed by atoms with Crippen LogP contribution in [0.25, 0.3) is 0 Å². The fraction of sp³-hybridized carbons (Fsp3) is 0.407. The molecule has 0 aromatic heterocycles. The van der Waals surface area contributed by atoms with E-state index in [-0.39, 0.29) is 154 Å². The number of hydrazine groups is 1. The number of amides is 1. The van der Waals surface area contributed by atoms with E-state index >= 15 is 0 Å². The summed E-state index contributed by atoms with van der Waals surface area (Å²) in [4.78, 5) is 43.4. The first-order valence-corrected chi connectivity index (χ1v) is 16.8. The number of rotatable bonds is 19. The minimum Gasteiger partial charge on any atom is -0.860 e. The third-order valence-corrected chi connectivity index (χ3v) is 9.93. The van der Waals surface area contributed by atoms with Gasteiger partial charge in [-0.05, 0) is 66.9 Å². The van der Waals surface area contributed by atoms with E-state index in [4.69, 9.17) is 5.75 Å². The van der Waals surface area contributed by atoms with Gasteiger partial charge in [0.25, 0.3) is 7.37 Å². The minimum absolute atomic E-state index is 0. The Bertz CT molecular complexity index is 1300. The number of hydrazone groups is 1. The topological polar surface area (TPSA) is 251 Å².